The van der Waals surface area contributed by atoms with Crippen LogP contribution in [0.3, 0.4) is 0 Å². The molecule has 0 radical (unpaired) electrons. The highest BCUT2D eigenvalue weighted by Gasteiger charge is 2.22. The van der Waals surface area contributed by atoms with Gasteiger partial charge in [-0.2, -0.15) is 0 Å². The van der Waals surface area contributed by atoms with Gasteiger partial charge in [0.2, 0.25) is 0 Å². The molecule has 0 saturated carbocycles. The van der Waals surface area contributed by atoms with Gasteiger partial charge in [0.15, 0.2) is 0 Å². The van der Waals surface area contributed by atoms with Crippen LogP contribution in [0, 0.1) is 0 Å². The van der Waals surface area contributed by atoms with Gasteiger partial charge in [-0.05, 0) is 31.5 Å². The van der Waals surface area contributed by atoms with Crippen molar-refractivity contribution < 1.29 is 9.53 Å². The third-order valence-electron chi connectivity index (χ3n) is 2.91. The number of hydrogen-bond donors (Lipinski definition) is 1. The van der Waals surface area contributed by atoms with Crippen LogP contribution >= 0.6 is 0 Å². The summed E-state index contributed by atoms with van der Waals surface area (Å²) in [4.78, 5) is 14.1. The summed E-state index contributed by atoms with van der Waals surface area (Å²) < 4.78 is 5.57. The monoisotopic (exact) mass is 234 g/mol. The van der Waals surface area contributed by atoms with Crippen molar-refractivity contribution in [1.82, 2.24) is 4.90 Å². The van der Waals surface area contributed by atoms with Crippen LogP contribution in [0.25, 0.3) is 0 Å². The van der Waals surface area contributed by atoms with Gasteiger partial charge in [-0.1, -0.05) is 12.1 Å². The fourth-order valence-corrected chi connectivity index (χ4v) is 1.97. The third-order valence-corrected chi connectivity index (χ3v) is 2.91. The van der Waals surface area contributed by atoms with E-state index in [4.69, 9.17) is 10.5 Å². The van der Waals surface area contributed by atoms with E-state index >= 15 is 0 Å². The van der Waals surface area contributed by atoms with Crippen molar-refractivity contribution in [3.63, 3.8) is 0 Å². The zero-order chi connectivity index (χ0) is 12.1. The molecule has 0 spiro atoms. The molecule has 0 unspecified atom stereocenters. The minimum Gasteiger partial charge on any atom is -0.491 e. The van der Waals surface area contributed by atoms with Gasteiger partial charge in [0, 0.05) is 6.54 Å². The summed E-state index contributed by atoms with van der Waals surface area (Å²) in [6, 6.07) is 7.41. The Labute approximate surface area is 101 Å². The summed E-state index contributed by atoms with van der Waals surface area (Å²) in [6.07, 6.45) is 1.90. The standard InChI is InChI=1S/C13H18N2O2/c14-7-3-4-8-15-9-10-17-12-6-2-1-5-11(12)13(15)16/h1-2,5-6H,3-4,7-10,14H2. The maximum absolute atomic E-state index is 12.2. The molecular weight excluding hydrogens is 216 g/mol. The second-order valence-electron chi connectivity index (χ2n) is 4.13. The number of ether oxygens (including phenoxy) is 1. The number of carbonyl (C=O) groups is 1. The van der Waals surface area contributed by atoms with Crippen molar-refractivity contribution in [2.45, 2.75) is 12.8 Å². The number of hydrogen-bond acceptors (Lipinski definition) is 3. The zero-order valence-corrected chi connectivity index (χ0v) is 9.89. The number of rotatable bonds is 4. The van der Waals surface area contributed by atoms with Gasteiger partial charge in [0.05, 0.1) is 12.1 Å². The van der Waals surface area contributed by atoms with E-state index in [-0.39, 0.29) is 5.91 Å². The van der Waals surface area contributed by atoms with Gasteiger partial charge >= 0.3 is 0 Å². The van der Waals surface area contributed by atoms with E-state index in [0.717, 1.165) is 19.4 Å². The van der Waals surface area contributed by atoms with Gasteiger partial charge in [-0.3, -0.25) is 4.79 Å². The molecule has 1 aliphatic rings. The molecule has 0 bridgehead atoms. The highest BCUT2D eigenvalue weighted by atomic mass is 16.5. The molecule has 2 rings (SSSR count). The van der Waals surface area contributed by atoms with E-state index < -0.39 is 0 Å². The molecule has 0 saturated heterocycles. The quantitative estimate of drug-likeness (QED) is 0.798. The van der Waals surface area contributed by atoms with Crippen molar-refractivity contribution in [2.24, 2.45) is 5.73 Å². The molecule has 1 amide bonds. The summed E-state index contributed by atoms with van der Waals surface area (Å²) in [5.74, 6) is 0.758. The topological polar surface area (TPSA) is 55.6 Å². The Balaban J connectivity index is 2.09. The highest BCUT2D eigenvalue weighted by Crippen LogP contribution is 2.22. The maximum Gasteiger partial charge on any atom is 0.257 e. The lowest BCUT2D eigenvalue weighted by molar-refractivity contribution is 0.0753. The molecule has 4 heteroatoms. The predicted octanol–water partition coefficient (Wildman–Crippen LogP) is 1.26. The van der Waals surface area contributed by atoms with Crippen molar-refractivity contribution in [3.8, 4) is 5.75 Å². The number of unbranched alkanes of at least 4 members (excludes halogenated alkanes) is 1. The summed E-state index contributed by atoms with van der Waals surface area (Å²) in [5, 5.41) is 0. The molecule has 1 heterocycles. The van der Waals surface area contributed by atoms with Crippen molar-refractivity contribution in [2.75, 3.05) is 26.2 Å². The molecule has 92 valence electrons. The van der Waals surface area contributed by atoms with Crippen molar-refractivity contribution in [3.05, 3.63) is 29.8 Å². The molecule has 1 aromatic rings. The van der Waals surface area contributed by atoms with E-state index in [1.54, 1.807) is 0 Å². The van der Waals surface area contributed by atoms with E-state index in [1.165, 1.54) is 0 Å². The van der Waals surface area contributed by atoms with Crippen LogP contribution in [0.15, 0.2) is 24.3 Å². The Kier molecular flexibility index (Phi) is 3.98. The first-order valence-corrected chi connectivity index (χ1v) is 6.04. The van der Waals surface area contributed by atoms with Crippen LogP contribution in [0.1, 0.15) is 23.2 Å². The van der Waals surface area contributed by atoms with Crippen LogP contribution in [-0.2, 0) is 0 Å². The van der Waals surface area contributed by atoms with Crippen LogP contribution in [0.4, 0.5) is 0 Å². The first-order chi connectivity index (χ1) is 8.33. The Bertz CT molecular complexity index is 393. The Hall–Kier alpha value is -1.55. The van der Waals surface area contributed by atoms with E-state index in [1.807, 2.05) is 29.2 Å². The molecule has 4 nitrogen and oxygen atoms in total. The van der Waals surface area contributed by atoms with Gasteiger partial charge in [-0.15, -0.1) is 0 Å². The molecule has 1 aliphatic heterocycles. The molecule has 17 heavy (non-hydrogen) atoms. The lowest BCUT2D eigenvalue weighted by atomic mass is 10.1. The fourth-order valence-electron chi connectivity index (χ4n) is 1.97. The Morgan fingerprint density at radius 3 is 2.94 bits per heavy atom. The van der Waals surface area contributed by atoms with Crippen molar-refractivity contribution in [1.29, 1.82) is 0 Å². The minimum absolute atomic E-state index is 0.0649. The third kappa shape index (κ3) is 2.77. The van der Waals surface area contributed by atoms with Crippen LogP contribution in [-0.4, -0.2) is 37.0 Å². The predicted molar refractivity (Wildman–Crippen MR) is 66.1 cm³/mol. The number of nitrogens with two attached hydrogens (primary N) is 1. The van der Waals surface area contributed by atoms with Crippen LogP contribution in [0.2, 0.25) is 0 Å². The van der Waals surface area contributed by atoms with E-state index in [9.17, 15) is 4.79 Å². The molecule has 0 aromatic heterocycles. The normalized spacial score (nSPS) is 15.1. The number of fused-ring (bicyclic) bond motifs is 1. The molecular formula is C13H18N2O2. The van der Waals surface area contributed by atoms with E-state index in [0.29, 0.717) is 31.0 Å². The highest BCUT2D eigenvalue weighted by molar-refractivity contribution is 5.97. The number of nitrogens with zero attached hydrogens (tertiary/aromatic N) is 1. The Morgan fingerprint density at radius 2 is 2.12 bits per heavy atom. The lowest BCUT2D eigenvalue weighted by Crippen LogP contribution is -2.33. The Morgan fingerprint density at radius 1 is 1.29 bits per heavy atom. The number of carbonyl (C=O) groups excluding carboxylic acids is 1. The first kappa shape index (κ1) is 11.9. The largest absolute Gasteiger partial charge is 0.491 e. The molecule has 1 aromatic carbocycles. The summed E-state index contributed by atoms with van der Waals surface area (Å²) in [6.45, 7) is 2.65. The van der Waals surface area contributed by atoms with Crippen molar-refractivity contribution >= 4 is 5.91 Å². The van der Waals surface area contributed by atoms with Crippen LogP contribution < -0.4 is 10.5 Å². The maximum atomic E-state index is 12.2. The number of benzene rings is 1. The number of amides is 1. The number of para-hydroxylation sites is 1. The van der Waals surface area contributed by atoms with E-state index in [2.05, 4.69) is 0 Å². The zero-order valence-electron chi connectivity index (χ0n) is 9.89. The summed E-state index contributed by atoms with van der Waals surface area (Å²) in [5.41, 5.74) is 6.12. The smallest absolute Gasteiger partial charge is 0.257 e. The second-order valence-corrected chi connectivity index (χ2v) is 4.13. The first-order valence-electron chi connectivity index (χ1n) is 6.04. The molecule has 2 N–H and O–H groups in total. The van der Waals surface area contributed by atoms with Crippen LogP contribution in [0.5, 0.6) is 5.75 Å². The summed E-state index contributed by atoms with van der Waals surface area (Å²) >= 11 is 0. The van der Waals surface area contributed by atoms with Gasteiger partial charge in [-0.25, -0.2) is 0 Å². The SMILES string of the molecule is NCCCCN1CCOc2ccccc2C1=O. The fraction of sp³-hybridized carbons (Fsp3) is 0.462. The average molecular weight is 234 g/mol. The summed E-state index contributed by atoms with van der Waals surface area (Å²) in [7, 11) is 0. The molecule has 0 fully saturated rings. The minimum atomic E-state index is 0.0649. The average Bonchev–Trinajstić information content (AvgIpc) is 2.51. The molecule has 0 atom stereocenters. The second kappa shape index (κ2) is 5.68. The molecule has 0 aliphatic carbocycles. The van der Waals surface area contributed by atoms with Gasteiger partial charge in [0.1, 0.15) is 12.4 Å². The van der Waals surface area contributed by atoms with Gasteiger partial charge < -0.3 is 15.4 Å². The lowest BCUT2D eigenvalue weighted by Gasteiger charge is -2.19. The van der Waals surface area contributed by atoms with Gasteiger partial charge in [0.25, 0.3) is 5.91 Å².